The van der Waals surface area contributed by atoms with Crippen LogP contribution >= 0.6 is 43.5 Å². The Morgan fingerprint density at radius 2 is 2.00 bits per heavy atom. The molecule has 0 N–H and O–H groups in total. The summed E-state index contributed by atoms with van der Waals surface area (Å²) < 4.78 is 0.871. The molecule has 1 rings (SSSR count). The van der Waals surface area contributed by atoms with Crippen LogP contribution in [0.25, 0.3) is 0 Å². The van der Waals surface area contributed by atoms with E-state index in [1.807, 2.05) is 39.0 Å². The minimum atomic E-state index is -0.326. The van der Waals surface area contributed by atoms with Crippen LogP contribution in [0.4, 0.5) is 0 Å². The Morgan fingerprint density at radius 3 is 2.47 bits per heavy atom. The summed E-state index contributed by atoms with van der Waals surface area (Å²) in [4.78, 5) is 11.9. The highest BCUT2D eigenvalue weighted by Crippen LogP contribution is 2.27. The van der Waals surface area contributed by atoms with Gasteiger partial charge in [-0.15, -0.1) is 0 Å². The third-order valence-corrected chi connectivity index (χ3v) is 4.39. The molecule has 1 aromatic rings. The molecular formula is C13H15Br2ClO. The molecule has 1 nitrogen and oxygen atoms in total. The van der Waals surface area contributed by atoms with Gasteiger partial charge in [0, 0.05) is 9.89 Å². The van der Waals surface area contributed by atoms with Gasteiger partial charge in [0.05, 0.1) is 9.85 Å². The van der Waals surface area contributed by atoms with E-state index >= 15 is 0 Å². The van der Waals surface area contributed by atoms with Crippen molar-refractivity contribution in [2.45, 2.75) is 32.0 Å². The Morgan fingerprint density at radius 1 is 1.41 bits per heavy atom. The molecule has 0 saturated carbocycles. The summed E-state index contributed by atoms with van der Waals surface area (Å²) in [6.07, 6.45) is 0.656. The highest BCUT2D eigenvalue weighted by atomic mass is 79.9. The van der Waals surface area contributed by atoms with Crippen molar-refractivity contribution in [3.63, 3.8) is 0 Å². The summed E-state index contributed by atoms with van der Waals surface area (Å²) in [5.74, 6) is 0.205. The van der Waals surface area contributed by atoms with E-state index in [9.17, 15) is 4.79 Å². The van der Waals surface area contributed by atoms with Gasteiger partial charge in [-0.2, -0.15) is 0 Å². The summed E-state index contributed by atoms with van der Waals surface area (Å²) >= 11 is 12.8. The molecule has 0 aliphatic heterocycles. The van der Waals surface area contributed by atoms with Gasteiger partial charge in [0.15, 0.2) is 5.78 Å². The van der Waals surface area contributed by atoms with E-state index in [0.29, 0.717) is 11.4 Å². The van der Waals surface area contributed by atoms with Crippen molar-refractivity contribution in [2.75, 3.05) is 0 Å². The van der Waals surface area contributed by atoms with Crippen molar-refractivity contribution in [1.82, 2.24) is 0 Å². The maximum Gasteiger partial charge on any atom is 0.152 e. The van der Waals surface area contributed by atoms with E-state index in [-0.39, 0.29) is 16.0 Å². The Labute approximate surface area is 124 Å². The lowest BCUT2D eigenvalue weighted by atomic mass is 9.87. The molecule has 94 valence electrons. The van der Waals surface area contributed by atoms with Crippen LogP contribution in [0.5, 0.6) is 0 Å². The first-order valence-corrected chi connectivity index (χ1v) is 7.43. The molecule has 0 aliphatic carbocycles. The summed E-state index contributed by atoms with van der Waals surface area (Å²) in [5, 5.41) is 0.672. The molecule has 0 aliphatic rings. The minimum Gasteiger partial charge on any atom is -0.298 e. The molecule has 0 bridgehead atoms. The Balaban J connectivity index is 2.78. The van der Waals surface area contributed by atoms with E-state index in [1.165, 1.54) is 0 Å². The largest absolute Gasteiger partial charge is 0.298 e. The van der Waals surface area contributed by atoms with Crippen molar-refractivity contribution in [2.24, 2.45) is 5.41 Å². The first kappa shape index (κ1) is 15.2. The second-order valence-corrected chi connectivity index (χ2v) is 7.40. The number of hydrogen-bond donors (Lipinski definition) is 0. The van der Waals surface area contributed by atoms with Crippen molar-refractivity contribution in [1.29, 1.82) is 0 Å². The average Bonchev–Trinajstić information content (AvgIpc) is 2.21. The topological polar surface area (TPSA) is 17.1 Å². The number of rotatable bonds is 3. The second kappa shape index (κ2) is 5.85. The van der Waals surface area contributed by atoms with E-state index in [0.717, 1.165) is 10.0 Å². The molecule has 0 saturated heterocycles. The van der Waals surface area contributed by atoms with Crippen LogP contribution in [0.15, 0.2) is 22.7 Å². The zero-order valence-electron chi connectivity index (χ0n) is 10.1. The zero-order valence-corrected chi connectivity index (χ0v) is 14.0. The zero-order chi connectivity index (χ0) is 13.2. The molecule has 0 radical (unpaired) electrons. The Hall–Kier alpha value is 0.140. The van der Waals surface area contributed by atoms with Gasteiger partial charge in [-0.05, 0) is 40.0 Å². The molecule has 0 aromatic heterocycles. The number of carbonyl (C=O) groups excluding carboxylic acids is 1. The van der Waals surface area contributed by atoms with Crippen LogP contribution in [0.3, 0.4) is 0 Å². The molecule has 17 heavy (non-hydrogen) atoms. The molecule has 1 aromatic carbocycles. The number of Topliss-reactive ketones (excluding diaryl/α,β-unsaturated/α-hetero) is 1. The fourth-order valence-corrected chi connectivity index (χ4v) is 2.95. The molecule has 0 fully saturated rings. The van der Waals surface area contributed by atoms with Crippen molar-refractivity contribution in [3.8, 4) is 0 Å². The lowest BCUT2D eigenvalue weighted by molar-refractivity contribution is -0.125. The van der Waals surface area contributed by atoms with Gasteiger partial charge in [-0.25, -0.2) is 0 Å². The van der Waals surface area contributed by atoms with Crippen molar-refractivity contribution in [3.05, 3.63) is 33.3 Å². The number of ketones is 1. The fraction of sp³-hybridized carbons (Fsp3) is 0.462. The molecule has 0 heterocycles. The monoisotopic (exact) mass is 380 g/mol. The smallest absolute Gasteiger partial charge is 0.152 e. The first-order chi connectivity index (χ1) is 7.71. The van der Waals surface area contributed by atoms with Gasteiger partial charge in [-0.1, -0.05) is 54.4 Å². The summed E-state index contributed by atoms with van der Waals surface area (Å²) in [7, 11) is 0. The highest BCUT2D eigenvalue weighted by molar-refractivity contribution is 9.10. The second-order valence-electron chi connectivity index (χ2n) is 5.03. The molecule has 0 amide bonds. The fourth-order valence-electron chi connectivity index (χ4n) is 1.44. The van der Waals surface area contributed by atoms with Gasteiger partial charge in [-0.3, -0.25) is 4.79 Å². The van der Waals surface area contributed by atoms with Crippen LogP contribution in [-0.2, 0) is 11.2 Å². The molecular weight excluding hydrogens is 367 g/mol. The number of benzene rings is 1. The highest BCUT2D eigenvalue weighted by Gasteiger charge is 2.27. The van der Waals surface area contributed by atoms with E-state index in [1.54, 1.807) is 0 Å². The quantitative estimate of drug-likeness (QED) is 0.671. The summed E-state index contributed by atoms with van der Waals surface area (Å²) in [6, 6.07) is 5.76. The SMILES string of the molecule is CC(C)(C)C(=O)C(Br)Cc1ccc(Br)c(Cl)c1. The van der Waals surface area contributed by atoms with Gasteiger partial charge in [0.2, 0.25) is 0 Å². The Kier molecular flexibility index (Phi) is 5.23. The first-order valence-electron chi connectivity index (χ1n) is 5.34. The summed E-state index contributed by atoms with van der Waals surface area (Å²) in [6.45, 7) is 5.79. The predicted molar refractivity (Wildman–Crippen MR) is 80.0 cm³/mol. The lowest BCUT2D eigenvalue weighted by Crippen LogP contribution is -2.29. The van der Waals surface area contributed by atoms with Crippen LogP contribution < -0.4 is 0 Å². The number of carbonyl (C=O) groups is 1. The molecule has 1 unspecified atom stereocenters. The third-order valence-electron chi connectivity index (χ3n) is 2.42. The van der Waals surface area contributed by atoms with Gasteiger partial charge in [0.1, 0.15) is 0 Å². The van der Waals surface area contributed by atoms with Crippen LogP contribution in [0.1, 0.15) is 26.3 Å². The predicted octanol–water partition coefficient (Wildman–Crippen LogP) is 5.02. The number of hydrogen-bond acceptors (Lipinski definition) is 1. The van der Waals surface area contributed by atoms with Crippen LogP contribution in [0, 0.1) is 5.41 Å². The van der Waals surface area contributed by atoms with E-state index in [2.05, 4.69) is 31.9 Å². The standard InChI is InChI=1S/C13H15Br2ClO/c1-13(2,3)12(17)10(15)6-8-4-5-9(14)11(16)7-8/h4-5,7,10H,6H2,1-3H3. The van der Waals surface area contributed by atoms with Gasteiger partial charge in [0.25, 0.3) is 0 Å². The van der Waals surface area contributed by atoms with Gasteiger partial charge >= 0.3 is 0 Å². The van der Waals surface area contributed by atoms with E-state index in [4.69, 9.17) is 11.6 Å². The number of halogens is 3. The maximum atomic E-state index is 12.0. The Bertz CT molecular complexity index is 424. The average molecular weight is 383 g/mol. The van der Waals surface area contributed by atoms with Crippen LogP contribution in [0.2, 0.25) is 5.02 Å². The maximum absolute atomic E-state index is 12.0. The molecule has 4 heteroatoms. The number of alkyl halides is 1. The van der Waals surface area contributed by atoms with E-state index < -0.39 is 0 Å². The molecule has 0 spiro atoms. The van der Waals surface area contributed by atoms with Gasteiger partial charge < -0.3 is 0 Å². The normalized spacial score (nSPS) is 13.5. The minimum absolute atomic E-state index is 0.167. The van der Waals surface area contributed by atoms with Crippen molar-refractivity contribution < 1.29 is 4.79 Å². The lowest BCUT2D eigenvalue weighted by Gasteiger charge is -2.20. The summed E-state index contributed by atoms with van der Waals surface area (Å²) in [5.41, 5.74) is 0.727. The third kappa shape index (κ3) is 4.38. The van der Waals surface area contributed by atoms with Crippen LogP contribution in [-0.4, -0.2) is 10.6 Å². The molecule has 1 atom stereocenters. The van der Waals surface area contributed by atoms with Crippen molar-refractivity contribution >= 4 is 49.2 Å².